The lowest BCUT2D eigenvalue weighted by atomic mass is 9.91. The number of aryl methyl sites for hydroxylation is 1. The number of imidazole rings is 1. The fourth-order valence-corrected chi connectivity index (χ4v) is 5.30. The summed E-state index contributed by atoms with van der Waals surface area (Å²) in [6.45, 7) is 5.90. The largest absolute Gasteiger partial charge is 0.355 e. The van der Waals surface area contributed by atoms with Crippen LogP contribution < -0.4 is 10.2 Å². The molecule has 3 aromatic rings. The van der Waals surface area contributed by atoms with E-state index in [0.717, 1.165) is 63.5 Å². The van der Waals surface area contributed by atoms with Crippen molar-refractivity contribution in [2.45, 2.75) is 38.4 Å². The molecule has 0 spiro atoms. The number of hydrogen-bond acceptors (Lipinski definition) is 6. The highest BCUT2D eigenvalue weighted by Crippen LogP contribution is 2.33. The summed E-state index contributed by atoms with van der Waals surface area (Å²) in [5, 5.41) is 3.39. The highest BCUT2D eigenvalue weighted by molar-refractivity contribution is 5.55. The van der Waals surface area contributed by atoms with Gasteiger partial charge in [0.15, 0.2) is 0 Å². The van der Waals surface area contributed by atoms with Gasteiger partial charge in [-0.15, -0.1) is 0 Å². The Hall–Kier alpha value is -2.48. The average Bonchev–Trinajstić information content (AvgIpc) is 3.16. The Labute approximate surface area is 191 Å². The van der Waals surface area contributed by atoms with Gasteiger partial charge in [-0.1, -0.05) is 12.1 Å². The van der Waals surface area contributed by atoms with E-state index >= 15 is 0 Å². The van der Waals surface area contributed by atoms with Gasteiger partial charge in [0, 0.05) is 45.5 Å². The molecule has 5 rings (SSSR count). The van der Waals surface area contributed by atoms with Gasteiger partial charge in [0.25, 0.3) is 0 Å². The van der Waals surface area contributed by atoms with Crippen molar-refractivity contribution in [3.8, 4) is 0 Å². The molecule has 2 aliphatic rings. The average molecular weight is 434 g/mol. The summed E-state index contributed by atoms with van der Waals surface area (Å²) < 4.78 is 2.37. The number of hydrogen-bond donors (Lipinski definition) is 1. The Kier molecular flexibility index (Phi) is 6.13. The van der Waals surface area contributed by atoms with E-state index in [4.69, 9.17) is 9.97 Å². The summed E-state index contributed by atoms with van der Waals surface area (Å²) in [5.74, 6) is 1.26. The molecule has 3 aromatic heterocycles. The molecule has 1 aliphatic heterocycles. The van der Waals surface area contributed by atoms with Crippen LogP contribution in [0.5, 0.6) is 0 Å². The number of pyridine rings is 2. The Morgan fingerprint density at radius 2 is 1.97 bits per heavy atom. The molecule has 0 saturated carbocycles. The van der Waals surface area contributed by atoms with E-state index in [1.54, 1.807) is 0 Å². The number of rotatable bonds is 6. The summed E-state index contributed by atoms with van der Waals surface area (Å²) in [6, 6.07) is 11.2. The minimum absolute atomic E-state index is 0.351. The number of anilines is 1. The van der Waals surface area contributed by atoms with Gasteiger partial charge in [-0.05, 0) is 64.2 Å². The number of piperazine rings is 1. The summed E-state index contributed by atoms with van der Waals surface area (Å²) in [6.07, 6.45) is 5.45. The second-order valence-electron chi connectivity index (χ2n) is 9.27. The molecule has 1 saturated heterocycles. The molecule has 7 heteroatoms. The molecule has 7 nitrogen and oxygen atoms in total. The minimum Gasteiger partial charge on any atom is -0.355 e. The van der Waals surface area contributed by atoms with Crippen molar-refractivity contribution in [2.24, 2.45) is 0 Å². The molecule has 0 bridgehead atoms. The minimum atomic E-state index is 0.351. The van der Waals surface area contributed by atoms with Crippen molar-refractivity contribution < 1.29 is 0 Å². The van der Waals surface area contributed by atoms with Gasteiger partial charge >= 0.3 is 0 Å². The highest BCUT2D eigenvalue weighted by atomic mass is 15.3. The van der Waals surface area contributed by atoms with Crippen molar-refractivity contribution in [1.82, 2.24) is 29.5 Å². The molecular formula is C25H35N7. The molecule has 1 unspecified atom stereocenters. The van der Waals surface area contributed by atoms with Crippen LogP contribution in [-0.2, 0) is 19.5 Å². The molecule has 0 radical (unpaired) electrons. The third-order valence-corrected chi connectivity index (χ3v) is 7.07. The predicted molar refractivity (Wildman–Crippen MR) is 129 cm³/mol. The van der Waals surface area contributed by atoms with Crippen LogP contribution in [0.2, 0.25) is 0 Å². The van der Waals surface area contributed by atoms with Gasteiger partial charge in [-0.3, -0.25) is 14.3 Å². The van der Waals surface area contributed by atoms with Crippen molar-refractivity contribution in [1.29, 1.82) is 0 Å². The number of nitrogens with one attached hydrogen (secondary N) is 1. The predicted octanol–water partition coefficient (Wildman–Crippen LogP) is 2.71. The van der Waals surface area contributed by atoms with Crippen LogP contribution in [0.25, 0.3) is 5.65 Å². The first-order chi connectivity index (χ1) is 15.7. The van der Waals surface area contributed by atoms with Gasteiger partial charge in [-0.25, -0.2) is 4.98 Å². The number of nitrogens with zero attached hydrogens (tertiary/aromatic N) is 6. The maximum absolute atomic E-state index is 5.12. The van der Waals surface area contributed by atoms with Crippen LogP contribution in [0.4, 0.5) is 5.82 Å². The quantitative estimate of drug-likeness (QED) is 0.645. The van der Waals surface area contributed by atoms with Gasteiger partial charge < -0.3 is 15.1 Å². The maximum Gasteiger partial charge on any atom is 0.138 e. The van der Waals surface area contributed by atoms with Gasteiger partial charge in [0.1, 0.15) is 11.5 Å². The molecule has 170 valence electrons. The summed E-state index contributed by atoms with van der Waals surface area (Å²) in [7, 11) is 6.45. The normalized spacial score (nSPS) is 19.6. The number of fused-ring (bicyclic) bond motifs is 2. The summed E-state index contributed by atoms with van der Waals surface area (Å²) in [5.41, 5.74) is 6.11. The third kappa shape index (κ3) is 4.00. The Morgan fingerprint density at radius 1 is 1.12 bits per heavy atom. The molecule has 0 aromatic carbocycles. The van der Waals surface area contributed by atoms with Crippen LogP contribution in [-0.4, -0.2) is 71.5 Å². The molecule has 1 atom stereocenters. The van der Waals surface area contributed by atoms with Gasteiger partial charge in [0.05, 0.1) is 23.1 Å². The fourth-order valence-electron chi connectivity index (χ4n) is 5.30. The molecule has 1 fully saturated rings. The van der Waals surface area contributed by atoms with Crippen LogP contribution >= 0.6 is 0 Å². The monoisotopic (exact) mass is 433 g/mol. The zero-order valence-electron chi connectivity index (χ0n) is 19.6. The lowest BCUT2D eigenvalue weighted by Crippen LogP contribution is -2.45. The standard InChI is InChI=1S/C25H35N7/c1-26-17-22-20(18-30(3)21-9-4-7-19-8-6-12-27-25(19)21)28-23-10-5-11-24(32(22)23)31-15-13-29(2)14-16-31/h5-6,8,10-12,21,26H,4,7,9,13-18H2,1-3H3. The van der Waals surface area contributed by atoms with E-state index in [-0.39, 0.29) is 0 Å². The van der Waals surface area contributed by atoms with E-state index in [9.17, 15) is 0 Å². The van der Waals surface area contributed by atoms with Crippen molar-refractivity contribution in [2.75, 3.05) is 52.2 Å². The van der Waals surface area contributed by atoms with Crippen LogP contribution in [0.3, 0.4) is 0 Å². The van der Waals surface area contributed by atoms with E-state index in [1.807, 2.05) is 13.2 Å². The Morgan fingerprint density at radius 3 is 2.78 bits per heavy atom. The van der Waals surface area contributed by atoms with E-state index in [2.05, 4.69) is 68.8 Å². The SMILES string of the molecule is CNCc1c(CN(C)C2CCCc3cccnc32)nc2cccc(N3CCN(C)CC3)n12. The lowest BCUT2D eigenvalue weighted by Gasteiger charge is -2.34. The smallest absolute Gasteiger partial charge is 0.138 e. The molecule has 4 heterocycles. The number of likely N-dealkylation sites (N-methyl/N-ethyl adjacent to an activating group) is 1. The van der Waals surface area contributed by atoms with E-state index in [0.29, 0.717) is 6.04 Å². The zero-order valence-corrected chi connectivity index (χ0v) is 19.6. The van der Waals surface area contributed by atoms with E-state index < -0.39 is 0 Å². The van der Waals surface area contributed by atoms with Crippen LogP contribution in [0.15, 0.2) is 36.5 Å². The topological polar surface area (TPSA) is 51.9 Å². The summed E-state index contributed by atoms with van der Waals surface area (Å²) >= 11 is 0. The Balaban J connectivity index is 1.48. The van der Waals surface area contributed by atoms with Crippen molar-refractivity contribution in [3.05, 3.63) is 59.2 Å². The molecule has 32 heavy (non-hydrogen) atoms. The first-order valence-corrected chi connectivity index (χ1v) is 11.9. The van der Waals surface area contributed by atoms with Crippen LogP contribution in [0.1, 0.15) is 41.5 Å². The molecule has 1 N–H and O–H groups in total. The van der Waals surface area contributed by atoms with Crippen molar-refractivity contribution in [3.63, 3.8) is 0 Å². The van der Waals surface area contributed by atoms with Gasteiger partial charge in [0.2, 0.25) is 0 Å². The second-order valence-corrected chi connectivity index (χ2v) is 9.27. The van der Waals surface area contributed by atoms with Gasteiger partial charge in [-0.2, -0.15) is 0 Å². The maximum atomic E-state index is 5.12. The summed E-state index contributed by atoms with van der Waals surface area (Å²) in [4.78, 5) is 17.2. The molecule has 1 aliphatic carbocycles. The third-order valence-electron chi connectivity index (χ3n) is 7.07. The zero-order chi connectivity index (χ0) is 22.1. The van der Waals surface area contributed by atoms with E-state index in [1.165, 1.54) is 29.2 Å². The Bertz CT molecular complexity index is 1070. The number of aromatic nitrogens is 3. The first-order valence-electron chi connectivity index (χ1n) is 11.9. The van der Waals surface area contributed by atoms with Crippen LogP contribution in [0, 0.1) is 0 Å². The second kappa shape index (κ2) is 9.17. The fraction of sp³-hybridized carbons (Fsp3) is 0.520. The highest BCUT2D eigenvalue weighted by Gasteiger charge is 2.27. The molecular weight excluding hydrogens is 398 g/mol. The molecule has 0 amide bonds. The van der Waals surface area contributed by atoms with Crippen molar-refractivity contribution >= 4 is 11.5 Å². The first kappa shape index (κ1) is 21.4. The lowest BCUT2D eigenvalue weighted by molar-refractivity contribution is 0.206.